The molecule has 5 nitrogen and oxygen atoms in total. The second-order valence-corrected chi connectivity index (χ2v) is 5.76. The molecule has 0 aliphatic rings. The van der Waals surface area contributed by atoms with Crippen molar-refractivity contribution in [1.82, 2.24) is 10.3 Å². The molecule has 1 atom stereocenters. The topological polar surface area (TPSA) is 82.2 Å². The fourth-order valence-electron chi connectivity index (χ4n) is 2.02. The van der Waals surface area contributed by atoms with E-state index in [2.05, 4.69) is 10.3 Å². The quantitative estimate of drug-likeness (QED) is 0.686. The zero-order valence-corrected chi connectivity index (χ0v) is 11.9. The van der Waals surface area contributed by atoms with Crippen molar-refractivity contribution in [2.45, 2.75) is 40.2 Å². The Morgan fingerprint density at radius 2 is 2.11 bits per heavy atom. The summed E-state index contributed by atoms with van der Waals surface area (Å²) in [6.45, 7) is 7.61. The van der Waals surface area contributed by atoms with E-state index in [1.165, 1.54) is 13.1 Å². The largest absolute Gasteiger partial charge is 0.393 e. The fraction of sp³-hybridized carbons (Fsp3) is 0.571. The first kappa shape index (κ1) is 15.4. The highest BCUT2D eigenvalue weighted by Gasteiger charge is 2.21. The number of rotatable bonds is 6. The molecule has 1 amide bonds. The minimum absolute atomic E-state index is 0.0789. The average molecular weight is 266 g/mol. The number of H-pyrrole nitrogens is 1. The molecule has 1 aromatic heterocycles. The standard InChI is InChI=1S/C14H22N2O3/c1-9(17)6-14(3,4)8-16-13(19)12-5-11(7-15-12)10(2)18/h5,7,9,15,17H,6,8H2,1-4H3,(H,16,19). The molecule has 0 spiro atoms. The second-order valence-electron chi connectivity index (χ2n) is 5.76. The summed E-state index contributed by atoms with van der Waals surface area (Å²) in [4.78, 5) is 25.8. The Balaban J connectivity index is 2.57. The fourth-order valence-corrected chi connectivity index (χ4v) is 2.02. The SMILES string of the molecule is CC(=O)c1c[nH]c(C(=O)NCC(C)(C)CC(C)O)c1. The molecule has 0 radical (unpaired) electrons. The number of ketones is 1. The van der Waals surface area contributed by atoms with Gasteiger partial charge in [0, 0.05) is 18.3 Å². The van der Waals surface area contributed by atoms with Crippen LogP contribution in [0.1, 0.15) is 55.0 Å². The van der Waals surface area contributed by atoms with Crippen LogP contribution < -0.4 is 5.32 Å². The average Bonchev–Trinajstić information content (AvgIpc) is 2.73. The van der Waals surface area contributed by atoms with E-state index < -0.39 is 6.10 Å². The van der Waals surface area contributed by atoms with Gasteiger partial charge in [0.05, 0.1) is 6.10 Å². The number of Topliss-reactive ketones (excluding diaryl/α,β-unsaturated/α-hetero) is 1. The van der Waals surface area contributed by atoms with Crippen molar-refractivity contribution in [1.29, 1.82) is 0 Å². The van der Waals surface area contributed by atoms with Crippen LogP contribution >= 0.6 is 0 Å². The molecule has 0 bridgehead atoms. The Kier molecular flexibility index (Phi) is 4.89. The van der Waals surface area contributed by atoms with Gasteiger partial charge in [0.25, 0.3) is 5.91 Å². The lowest BCUT2D eigenvalue weighted by atomic mass is 9.87. The van der Waals surface area contributed by atoms with Crippen LogP contribution in [-0.2, 0) is 0 Å². The molecule has 1 unspecified atom stereocenters. The summed E-state index contributed by atoms with van der Waals surface area (Å²) in [5, 5.41) is 12.2. The van der Waals surface area contributed by atoms with Crippen molar-refractivity contribution in [3.63, 3.8) is 0 Å². The van der Waals surface area contributed by atoms with E-state index in [0.717, 1.165) is 0 Å². The van der Waals surface area contributed by atoms with Gasteiger partial charge in [0.2, 0.25) is 0 Å². The summed E-state index contributed by atoms with van der Waals surface area (Å²) in [7, 11) is 0. The van der Waals surface area contributed by atoms with Crippen LogP contribution in [0.5, 0.6) is 0 Å². The Labute approximate surface area is 113 Å². The van der Waals surface area contributed by atoms with Gasteiger partial charge in [0.1, 0.15) is 5.69 Å². The van der Waals surface area contributed by atoms with Crippen molar-refractivity contribution in [3.8, 4) is 0 Å². The summed E-state index contributed by atoms with van der Waals surface area (Å²) >= 11 is 0. The number of aromatic nitrogens is 1. The Bertz CT molecular complexity index is 461. The van der Waals surface area contributed by atoms with Crippen molar-refractivity contribution < 1.29 is 14.7 Å². The van der Waals surface area contributed by atoms with Gasteiger partial charge in [-0.2, -0.15) is 0 Å². The number of nitrogens with one attached hydrogen (secondary N) is 2. The van der Waals surface area contributed by atoms with Crippen LogP contribution in [-0.4, -0.2) is 34.4 Å². The van der Waals surface area contributed by atoms with Crippen molar-refractivity contribution in [3.05, 3.63) is 23.5 Å². The molecular formula is C14H22N2O3. The summed E-state index contributed by atoms with van der Waals surface area (Å²) in [5.41, 5.74) is 0.686. The van der Waals surface area contributed by atoms with E-state index in [1.807, 2.05) is 13.8 Å². The van der Waals surface area contributed by atoms with Gasteiger partial charge >= 0.3 is 0 Å². The molecule has 0 aliphatic heterocycles. The maximum Gasteiger partial charge on any atom is 0.267 e. The molecule has 1 heterocycles. The van der Waals surface area contributed by atoms with Crippen LogP contribution in [0.3, 0.4) is 0 Å². The number of amides is 1. The zero-order valence-electron chi connectivity index (χ0n) is 11.9. The third-order valence-corrected chi connectivity index (χ3v) is 2.91. The van der Waals surface area contributed by atoms with E-state index in [-0.39, 0.29) is 17.1 Å². The van der Waals surface area contributed by atoms with Gasteiger partial charge in [-0.25, -0.2) is 0 Å². The van der Waals surface area contributed by atoms with Crippen LogP contribution in [0, 0.1) is 5.41 Å². The molecule has 106 valence electrons. The second kappa shape index (κ2) is 6.02. The molecule has 1 aromatic rings. The van der Waals surface area contributed by atoms with Crippen LogP contribution in [0.2, 0.25) is 0 Å². The van der Waals surface area contributed by atoms with Crippen molar-refractivity contribution >= 4 is 11.7 Å². The van der Waals surface area contributed by atoms with Gasteiger partial charge < -0.3 is 15.4 Å². The number of aliphatic hydroxyl groups is 1. The summed E-state index contributed by atoms with van der Waals surface area (Å²) in [6, 6.07) is 1.54. The summed E-state index contributed by atoms with van der Waals surface area (Å²) in [6.07, 6.45) is 1.73. The lowest BCUT2D eigenvalue weighted by Crippen LogP contribution is -2.35. The number of aromatic amines is 1. The van der Waals surface area contributed by atoms with E-state index in [0.29, 0.717) is 24.2 Å². The van der Waals surface area contributed by atoms with E-state index in [1.54, 1.807) is 13.0 Å². The Morgan fingerprint density at radius 3 is 2.58 bits per heavy atom. The third kappa shape index (κ3) is 4.87. The minimum Gasteiger partial charge on any atom is -0.393 e. The maximum absolute atomic E-state index is 11.9. The molecule has 0 fully saturated rings. The van der Waals surface area contributed by atoms with Gasteiger partial charge in [-0.05, 0) is 31.7 Å². The molecular weight excluding hydrogens is 244 g/mol. The number of carbonyl (C=O) groups excluding carboxylic acids is 2. The van der Waals surface area contributed by atoms with Crippen LogP contribution in [0.25, 0.3) is 0 Å². The number of hydrogen-bond acceptors (Lipinski definition) is 3. The molecule has 5 heteroatoms. The lowest BCUT2D eigenvalue weighted by molar-refractivity contribution is 0.0898. The highest BCUT2D eigenvalue weighted by Crippen LogP contribution is 2.21. The molecule has 0 aromatic carbocycles. The lowest BCUT2D eigenvalue weighted by Gasteiger charge is -2.26. The number of hydrogen-bond donors (Lipinski definition) is 3. The van der Waals surface area contributed by atoms with Crippen molar-refractivity contribution in [2.75, 3.05) is 6.54 Å². The molecule has 1 rings (SSSR count). The highest BCUT2D eigenvalue weighted by atomic mass is 16.3. The van der Waals surface area contributed by atoms with Gasteiger partial charge in [-0.3, -0.25) is 9.59 Å². The molecule has 3 N–H and O–H groups in total. The first-order valence-electron chi connectivity index (χ1n) is 6.37. The predicted molar refractivity (Wildman–Crippen MR) is 73.2 cm³/mol. The molecule has 0 saturated heterocycles. The molecule has 0 aliphatic carbocycles. The summed E-state index contributed by atoms with van der Waals surface area (Å²) < 4.78 is 0. The minimum atomic E-state index is -0.401. The smallest absolute Gasteiger partial charge is 0.267 e. The van der Waals surface area contributed by atoms with Gasteiger partial charge in [0.15, 0.2) is 5.78 Å². The van der Waals surface area contributed by atoms with Crippen molar-refractivity contribution in [2.24, 2.45) is 5.41 Å². The third-order valence-electron chi connectivity index (χ3n) is 2.91. The normalized spacial score (nSPS) is 13.1. The Hall–Kier alpha value is -1.62. The monoisotopic (exact) mass is 266 g/mol. The zero-order chi connectivity index (χ0) is 14.6. The Morgan fingerprint density at radius 1 is 1.47 bits per heavy atom. The summed E-state index contributed by atoms with van der Waals surface area (Å²) in [5.74, 6) is -0.323. The first-order chi connectivity index (χ1) is 8.71. The van der Waals surface area contributed by atoms with E-state index in [9.17, 15) is 14.7 Å². The van der Waals surface area contributed by atoms with Crippen LogP contribution in [0.4, 0.5) is 0 Å². The first-order valence-corrected chi connectivity index (χ1v) is 6.37. The van der Waals surface area contributed by atoms with Gasteiger partial charge in [-0.1, -0.05) is 13.8 Å². The maximum atomic E-state index is 11.9. The highest BCUT2D eigenvalue weighted by molar-refractivity contribution is 5.99. The number of aliphatic hydroxyl groups excluding tert-OH is 1. The number of carbonyl (C=O) groups is 2. The van der Waals surface area contributed by atoms with E-state index in [4.69, 9.17) is 0 Å². The molecule has 19 heavy (non-hydrogen) atoms. The molecule has 0 saturated carbocycles. The predicted octanol–water partition coefficient (Wildman–Crippen LogP) is 1.74. The van der Waals surface area contributed by atoms with Gasteiger partial charge in [-0.15, -0.1) is 0 Å². The van der Waals surface area contributed by atoms with E-state index >= 15 is 0 Å². The van der Waals surface area contributed by atoms with Crippen LogP contribution in [0.15, 0.2) is 12.3 Å².